The SMILES string of the molecule is CC(C)CCC(C(C)C)C(C)C(C)C. The van der Waals surface area contributed by atoms with Gasteiger partial charge in [-0.2, -0.15) is 0 Å². The van der Waals surface area contributed by atoms with E-state index >= 15 is 0 Å². The van der Waals surface area contributed by atoms with Gasteiger partial charge in [0.2, 0.25) is 0 Å². The first-order valence-corrected chi connectivity index (χ1v) is 6.36. The molecule has 0 amide bonds. The van der Waals surface area contributed by atoms with Crippen LogP contribution >= 0.6 is 0 Å². The van der Waals surface area contributed by atoms with E-state index in [0.29, 0.717) is 0 Å². The lowest BCUT2D eigenvalue weighted by Gasteiger charge is -2.30. The average Bonchev–Trinajstić information content (AvgIpc) is 2.02. The summed E-state index contributed by atoms with van der Waals surface area (Å²) in [5.74, 6) is 4.31. The van der Waals surface area contributed by atoms with E-state index in [1.807, 2.05) is 0 Å². The maximum atomic E-state index is 2.43. The molecule has 0 aromatic rings. The maximum Gasteiger partial charge on any atom is -0.0363 e. The molecule has 0 saturated heterocycles. The highest BCUT2D eigenvalue weighted by molar-refractivity contribution is 4.72. The molecular weight excluding hydrogens is 168 g/mol. The zero-order valence-corrected chi connectivity index (χ0v) is 11.3. The summed E-state index contributed by atoms with van der Waals surface area (Å²) in [6, 6.07) is 0. The van der Waals surface area contributed by atoms with Crippen molar-refractivity contribution in [2.75, 3.05) is 0 Å². The predicted molar refractivity (Wildman–Crippen MR) is 66.4 cm³/mol. The second kappa shape index (κ2) is 6.48. The minimum absolute atomic E-state index is 0.828. The summed E-state index contributed by atoms with van der Waals surface area (Å²) in [6.07, 6.45) is 2.80. The van der Waals surface area contributed by atoms with Crippen molar-refractivity contribution in [2.45, 2.75) is 61.3 Å². The minimum atomic E-state index is 0.828. The summed E-state index contributed by atoms with van der Waals surface area (Å²) in [4.78, 5) is 0. The third kappa shape index (κ3) is 5.02. The van der Waals surface area contributed by atoms with Crippen LogP contribution < -0.4 is 0 Å². The Morgan fingerprint density at radius 3 is 1.43 bits per heavy atom. The van der Waals surface area contributed by atoms with Gasteiger partial charge in [0, 0.05) is 0 Å². The molecule has 0 rings (SSSR count). The molecule has 0 aromatic carbocycles. The van der Waals surface area contributed by atoms with Crippen LogP contribution in [-0.4, -0.2) is 0 Å². The smallest absolute Gasteiger partial charge is 0.0363 e. The van der Waals surface area contributed by atoms with Crippen LogP contribution in [0.25, 0.3) is 0 Å². The highest BCUT2D eigenvalue weighted by Crippen LogP contribution is 2.31. The van der Waals surface area contributed by atoms with E-state index in [2.05, 4.69) is 48.5 Å². The lowest BCUT2D eigenvalue weighted by Crippen LogP contribution is -2.22. The fourth-order valence-corrected chi connectivity index (χ4v) is 2.22. The molecule has 86 valence electrons. The van der Waals surface area contributed by atoms with Crippen LogP contribution in [0.4, 0.5) is 0 Å². The largest absolute Gasteiger partial charge is 0.0628 e. The van der Waals surface area contributed by atoms with Crippen molar-refractivity contribution in [2.24, 2.45) is 29.6 Å². The Kier molecular flexibility index (Phi) is 6.48. The summed E-state index contributed by atoms with van der Waals surface area (Å²) in [5.41, 5.74) is 0. The monoisotopic (exact) mass is 198 g/mol. The molecule has 0 aliphatic heterocycles. The standard InChI is InChI=1S/C14H30/c1-10(2)8-9-14(12(5)6)13(7)11(3)4/h10-14H,8-9H2,1-7H3. The summed E-state index contributed by atoms with van der Waals surface area (Å²) in [6.45, 7) is 16.6. The van der Waals surface area contributed by atoms with Gasteiger partial charge >= 0.3 is 0 Å². The molecule has 0 spiro atoms. The normalized spacial score (nSPS) is 16.7. The van der Waals surface area contributed by atoms with Crippen LogP contribution in [0.2, 0.25) is 0 Å². The number of hydrogen-bond donors (Lipinski definition) is 0. The maximum absolute atomic E-state index is 2.43. The van der Waals surface area contributed by atoms with Gasteiger partial charge in [0.1, 0.15) is 0 Å². The summed E-state index contributed by atoms with van der Waals surface area (Å²) in [5, 5.41) is 0. The fourth-order valence-electron chi connectivity index (χ4n) is 2.22. The second-order valence-corrected chi connectivity index (χ2v) is 5.98. The van der Waals surface area contributed by atoms with Crippen molar-refractivity contribution >= 4 is 0 Å². The van der Waals surface area contributed by atoms with E-state index in [9.17, 15) is 0 Å². The Morgan fingerprint density at radius 2 is 1.14 bits per heavy atom. The molecule has 0 aliphatic rings. The Balaban J connectivity index is 4.15. The summed E-state index contributed by atoms with van der Waals surface area (Å²) < 4.78 is 0. The van der Waals surface area contributed by atoms with Gasteiger partial charge in [-0.15, -0.1) is 0 Å². The van der Waals surface area contributed by atoms with Gasteiger partial charge in [-0.3, -0.25) is 0 Å². The summed E-state index contributed by atoms with van der Waals surface area (Å²) >= 11 is 0. The van der Waals surface area contributed by atoms with Crippen molar-refractivity contribution in [3.8, 4) is 0 Å². The van der Waals surface area contributed by atoms with Crippen LogP contribution in [0.1, 0.15) is 61.3 Å². The zero-order chi connectivity index (χ0) is 11.3. The first kappa shape index (κ1) is 14.0. The molecule has 0 heteroatoms. The Labute approximate surface area is 91.5 Å². The van der Waals surface area contributed by atoms with E-state index in [4.69, 9.17) is 0 Å². The highest BCUT2D eigenvalue weighted by atomic mass is 14.3. The summed E-state index contributed by atoms with van der Waals surface area (Å²) in [7, 11) is 0. The van der Waals surface area contributed by atoms with Crippen LogP contribution in [0.5, 0.6) is 0 Å². The molecule has 0 bridgehead atoms. The van der Waals surface area contributed by atoms with E-state index in [-0.39, 0.29) is 0 Å². The first-order valence-electron chi connectivity index (χ1n) is 6.36. The zero-order valence-electron chi connectivity index (χ0n) is 11.3. The van der Waals surface area contributed by atoms with Crippen molar-refractivity contribution in [1.82, 2.24) is 0 Å². The van der Waals surface area contributed by atoms with Gasteiger partial charge in [-0.25, -0.2) is 0 Å². The quantitative estimate of drug-likeness (QED) is 0.564. The van der Waals surface area contributed by atoms with Crippen LogP contribution in [0.15, 0.2) is 0 Å². The Morgan fingerprint density at radius 1 is 0.643 bits per heavy atom. The highest BCUT2D eigenvalue weighted by Gasteiger charge is 2.22. The van der Waals surface area contributed by atoms with Gasteiger partial charge < -0.3 is 0 Å². The molecule has 0 N–H and O–H groups in total. The molecule has 0 aliphatic carbocycles. The molecule has 0 fully saturated rings. The van der Waals surface area contributed by atoms with Crippen LogP contribution in [0, 0.1) is 29.6 Å². The van der Waals surface area contributed by atoms with E-state index in [0.717, 1.165) is 29.6 Å². The average molecular weight is 198 g/mol. The minimum Gasteiger partial charge on any atom is -0.0628 e. The van der Waals surface area contributed by atoms with E-state index < -0.39 is 0 Å². The van der Waals surface area contributed by atoms with Gasteiger partial charge in [-0.05, 0) is 36.0 Å². The van der Waals surface area contributed by atoms with Gasteiger partial charge in [0.25, 0.3) is 0 Å². The van der Waals surface area contributed by atoms with Crippen LogP contribution in [-0.2, 0) is 0 Å². The fraction of sp³-hybridized carbons (Fsp3) is 1.00. The second-order valence-electron chi connectivity index (χ2n) is 5.98. The first-order chi connectivity index (χ1) is 6.36. The Hall–Kier alpha value is 0. The van der Waals surface area contributed by atoms with Gasteiger partial charge in [-0.1, -0.05) is 54.9 Å². The number of hydrogen-bond acceptors (Lipinski definition) is 0. The lowest BCUT2D eigenvalue weighted by molar-refractivity contribution is 0.192. The van der Waals surface area contributed by atoms with Crippen molar-refractivity contribution in [3.63, 3.8) is 0 Å². The molecule has 0 radical (unpaired) electrons. The molecule has 0 saturated carbocycles. The third-order valence-corrected chi connectivity index (χ3v) is 3.66. The molecule has 2 atom stereocenters. The van der Waals surface area contributed by atoms with Gasteiger partial charge in [0.05, 0.1) is 0 Å². The van der Waals surface area contributed by atoms with E-state index in [1.54, 1.807) is 0 Å². The topological polar surface area (TPSA) is 0 Å². The lowest BCUT2D eigenvalue weighted by atomic mass is 9.75. The Bertz CT molecular complexity index is 133. The predicted octanol–water partition coefficient (Wildman–Crippen LogP) is 4.99. The molecule has 14 heavy (non-hydrogen) atoms. The third-order valence-electron chi connectivity index (χ3n) is 3.66. The van der Waals surface area contributed by atoms with Gasteiger partial charge in [0.15, 0.2) is 0 Å². The molecular formula is C14H30. The van der Waals surface area contributed by atoms with Crippen molar-refractivity contribution < 1.29 is 0 Å². The van der Waals surface area contributed by atoms with E-state index in [1.165, 1.54) is 12.8 Å². The number of rotatable bonds is 6. The molecule has 0 heterocycles. The molecule has 0 nitrogen and oxygen atoms in total. The van der Waals surface area contributed by atoms with Crippen molar-refractivity contribution in [3.05, 3.63) is 0 Å². The molecule has 0 aromatic heterocycles. The van der Waals surface area contributed by atoms with Crippen molar-refractivity contribution in [1.29, 1.82) is 0 Å². The van der Waals surface area contributed by atoms with Crippen LogP contribution in [0.3, 0.4) is 0 Å². The molecule has 2 unspecified atom stereocenters.